The highest BCUT2D eigenvalue weighted by molar-refractivity contribution is 7.87. The van der Waals surface area contributed by atoms with Crippen LogP contribution >= 0.6 is 0 Å². The maximum atomic E-state index is 12.1. The van der Waals surface area contributed by atoms with Crippen molar-refractivity contribution in [2.24, 2.45) is 0 Å². The van der Waals surface area contributed by atoms with Crippen molar-refractivity contribution in [3.63, 3.8) is 0 Å². The smallest absolute Gasteiger partial charge is 0.304 e. The number of carboxylic acid groups (broad SMARTS) is 1. The minimum Gasteiger partial charge on any atom is -0.481 e. The second-order valence-corrected chi connectivity index (χ2v) is 6.98. The summed E-state index contributed by atoms with van der Waals surface area (Å²) in [6.07, 6.45) is -0.227. The number of carbonyl (C=O) groups is 1. The van der Waals surface area contributed by atoms with Gasteiger partial charge in [-0.25, -0.2) is 0 Å². The molecule has 0 amide bonds. The quantitative estimate of drug-likeness (QED) is 0.800. The molecule has 0 heterocycles. The van der Waals surface area contributed by atoms with E-state index in [1.165, 1.54) is 7.05 Å². The molecule has 21 heavy (non-hydrogen) atoms. The lowest BCUT2D eigenvalue weighted by atomic mass is 10.0. The van der Waals surface area contributed by atoms with Gasteiger partial charge in [-0.3, -0.25) is 4.79 Å². The molecule has 0 aromatic heterocycles. The molecule has 1 unspecified atom stereocenters. The lowest BCUT2D eigenvalue weighted by Crippen LogP contribution is -2.40. The number of hydrogen-bond donors (Lipinski definition) is 2. The third-order valence-electron chi connectivity index (χ3n) is 3.28. The predicted molar refractivity (Wildman–Crippen MR) is 81.3 cm³/mol. The topological polar surface area (TPSA) is 86.7 Å². The fraction of sp³-hybridized carbons (Fsp3) is 0.500. The van der Waals surface area contributed by atoms with Crippen LogP contribution in [0.15, 0.2) is 18.2 Å². The molecule has 0 aliphatic rings. The van der Waals surface area contributed by atoms with Gasteiger partial charge < -0.3 is 5.11 Å². The molecule has 0 fully saturated rings. The van der Waals surface area contributed by atoms with Gasteiger partial charge in [-0.05, 0) is 31.9 Å². The molecule has 0 aliphatic heterocycles. The van der Waals surface area contributed by atoms with Crippen LogP contribution in [-0.2, 0) is 15.0 Å². The van der Waals surface area contributed by atoms with E-state index in [-0.39, 0.29) is 19.0 Å². The molecule has 0 radical (unpaired) electrons. The van der Waals surface area contributed by atoms with Crippen LogP contribution in [-0.4, -0.2) is 37.4 Å². The van der Waals surface area contributed by atoms with Crippen LogP contribution in [0.1, 0.15) is 36.1 Å². The van der Waals surface area contributed by atoms with E-state index in [0.29, 0.717) is 0 Å². The highest BCUT2D eigenvalue weighted by atomic mass is 32.2. The molecule has 0 spiro atoms. The number of aliphatic carboxylic acids is 1. The molecule has 118 valence electrons. The van der Waals surface area contributed by atoms with Gasteiger partial charge in [0, 0.05) is 19.6 Å². The Morgan fingerprint density at radius 2 is 2.00 bits per heavy atom. The van der Waals surface area contributed by atoms with E-state index in [1.807, 2.05) is 32.0 Å². The molecule has 6 nitrogen and oxygen atoms in total. The van der Waals surface area contributed by atoms with E-state index in [2.05, 4.69) is 4.72 Å². The van der Waals surface area contributed by atoms with Crippen LogP contribution in [0.25, 0.3) is 0 Å². The highest BCUT2D eigenvalue weighted by Crippen LogP contribution is 2.20. The minimum absolute atomic E-state index is 0.0653. The summed E-state index contributed by atoms with van der Waals surface area (Å²) in [5.74, 6) is -1.03. The minimum atomic E-state index is -3.71. The van der Waals surface area contributed by atoms with Gasteiger partial charge in [-0.2, -0.15) is 17.4 Å². The maximum absolute atomic E-state index is 12.1. The summed E-state index contributed by atoms with van der Waals surface area (Å²) in [5.41, 5.74) is 2.97. The maximum Gasteiger partial charge on any atom is 0.304 e. The zero-order valence-corrected chi connectivity index (χ0v) is 13.6. The van der Waals surface area contributed by atoms with Gasteiger partial charge in [0.05, 0.1) is 6.42 Å². The zero-order valence-electron chi connectivity index (χ0n) is 12.8. The number of hydrogen-bond acceptors (Lipinski definition) is 3. The average Bonchev–Trinajstić information content (AvgIpc) is 2.37. The molecule has 7 heteroatoms. The van der Waals surface area contributed by atoms with Crippen molar-refractivity contribution in [3.8, 4) is 0 Å². The van der Waals surface area contributed by atoms with Crippen LogP contribution in [0, 0.1) is 13.8 Å². The molecule has 0 aliphatic carbocycles. The molecular formula is C14H22N2O4S. The van der Waals surface area contributed by atoms with Crippen molar-refractivity contribution in [1.82, 2.24) is 9.03 Å². The first-order valence-corrected chi connectivity index (χ1v) is 8.10. The average molecular weight is 314 g/mol. The highest BCUT2D eigenvalue weighted by Gasteiger charge is 2.22. The van der Waals surface area contributed by atoms with Crippen molar-refractivity contribution < 1.29 is 18.3 Å². The van der Waals surface area contributed by atoms with Crippen molar-refractivity contribution >= 4 is 16.2 Å². The lowest BCUT2D eigenvalue weighted by Gasteiger charge is -2.22. The SMILES string of the molecule is Cc1ccc(C)c(C(C)NS(=O)(=O)N(C)CCC(=O)O)c1. The van der Waals surface area contributed by atoms with E-state index >= 15 is 0 Å². The first-order chi connectivity index (χ1) is 9.63. The van der Waals surface area contributed by atoms with Crippen LogP contribution < -0.4 is 4.72 Å². The van der Waals surface area contributed by atoms with E-state index in [4.69, 9.17) is 5.11 Å². The molecular weight excluding hydrogens is 292 g/mol. The number of aryl methyl sites for hydroxylation is 2. The molecule has 0 bridgehead atoms. The van der Waals surface area contributed by atoms with Gasteiger partial charge >= 0.3 is 5.97 Å². The normalized spacial score (nSPS) is 13.4. The molecule has 0 saturated heterocycles. The Morgan fingerprint density at radius 1 is 1.38 bits per heavy atom. The lowest BCUT2D eigenvalue weighted by molar-refractivity contribution is -0.137. The second kappa shape index (κ2) is 7.02. The number of rotatable bonds is 7. The van der Waals surface area contributed by atoms with Crippen LogP contribution in [0.3, 0.4) is 0 Å². The largest absolute Gasteiger partial charge is 0.481 e. The van der Waals surface area contributed by atoms with Gasteiger partial charge in [-0.1, -0.05) is 23.8 Å². The van der Waals surface area contributed by atoms with Gasteiger partial charge in [-0.15, -0.1) is 0 Å². The summed E-state index contributed by atoms with van der Waals surface area (Å²) < 4.78 is 27.9. The van der Waals surface area contributed by atoms with E-state index in [9.17, 15) is 13.2 Å². The van der Waals surface area contributed by atoms with E-state index in [0.717, 1.165) is 21.0 Å². The summed E-state index contributed by atoms with van der Waals surface area (Å²) in [6.45, 7) is 5.57. The predicted octanol–water partition coefficient (Wildman–Crippen LogP) is 1.61. The van der Waals surface area contributed by atoms with Crippen molar-refractivity contribution in [2.45, 2.75) is 33.2 Å². The van der Waals surface area contributed by atoms with Gasteiger partial charge in [0.1, 0.15) is 0 Å². The fourth-order valence-corrected chi connectivity index (χ4v) is 3.06. The number of benzene rings is 1. The third kappa shape index (κ3) is 5.11. The Labute approximate surface area is 126 Å². The molecule has 1 rings (SSSR count). The van der Waals surface area contributed by atoms with Crippen LogP contribution in [0.4, 0.5) is 0 Å². The van der Waals surface area contributed by atoms with Crippen molar-refractivity contribution in [3.05, 3.63) is 34.9 Å². The van der Waals surface area contributed by atoms with Gasteiger partial charge in [0.2, 0.25) is 0 Å². The van der Waals surface area contributed by atoms with E-state index in [1.54, 1.807) is 6.92 Å². The Balaban J connectivity index is 2.83. The van der Waals surface area contributed by atoms with Crippen LogP contribution in [0.5, 0.6) is 0 Å². The van der Waals surface area contributed by atoms with Gasteiger partial charge in [0.25, 0.3) is 10.2 Å². The fourth-order valence-electron chi connectivity index (χ4n) is 1.98. The Kier molecular flexibility index (Phi) is 5.88. The summed E-state index contributed by atoms with van der Waals surface area (Å²) >= 11 is 0. The zero-order chi connectivity index (χ0) is 16.2. The Bertz CT molecular complexity index is 613. The van der Waals surface area contributed by atoms with Gasteiger partial charge in [0.15, 0.2) is 0 Å². The van der Waals surface area contributed by atoms with Crippen molar-refractivity contribution in [1.29, 1.82) is 0 Å². The van der Waals surface area contributed by atoms with Crippen LogP contribution in [0.2, 0.25) is 0 Å². The molecule has 1 aromatic rings. The standard InChI is InChI=1S/C14H22N2O4S/c1-10-5-6-11(2)13(9-10)12(3)15-21(19,20)16(4)8-7-14(17)18/h5-6,9,12,15H,7-8H2,1-4H3,(H,17,18). The molecule has 0 saturated carbocycles. The molecule has 1 aromatic carbocycles. The summed E-state index contributed by atoms with van der Waals surface area (Å²) in [4.78, 5) is 10.5. The Morgan fingerprint density at radius 3 is 2.57 bits per heavy atom. The molecule has 2 N–H and O–H groups in total. The first kappa shape index (κ1) is 17.6. The monoisotopic (exact) mass is 314 g/mol. The number of nitrogens with one attached hydrogen (secondary N) is 1. The number of nitrogens with zero attached hydrogens (tertiary/aromatic N) is 1. The summed E-state index contributed by atoms with van der Waals surface area (Å²) in [5, 5.41) is 8.61. The Hall–Kier alpha value is -1.44. The first-order valence-electron chi connectivity index (χ1n) is 6.66. The second-order valence-electron chi connectivity index (χ2n) is 5.17. The summed E-state index contributed by atoms with van der Waals surface area (Å²) in [6, 6.07) is 5.48. The molecule has 1 atom stereocenters. The summed E-state index contributed by atoms with van der Waals surface area (Å²) in [7, 11) is -2.35. The van der Waals surface area contributed by atoms with Crippen molar-refractivity contribution in [2.75, 3.05) is 13.6 Å². The van der Waals surface area contributed by atoms with E-state index < -0.39 is 16.2 Å². The third-order valence-corrected chi connectivity index (χ3v) is 4.93. The number of carboxylic acids is 1.